The van der Waals surface area contributed by atoms with E-state index < -0.39 is 0 Å². The highest BCUT2D eigenvalue weighted by Gasteiger charge is 2.29. The molecule has 0 bridgehead atoms. The Balaban J connectivity index is 2.03. The number of halogens is 2. The fourth-order valence-electron chi connectivity index (χ4n) is 2.13. The van der Waals surface area contributed by atoms with Crippen LogP contribution in [-0.2, 0) is 0 Å². The fraction of sp³-hybridized carbons (Fsp3) is 0. The molecular weight excluding hydrogens is 412 g/mol. The zero-order chi connectivity index (χ0) is 15.9. The predicted octanol–water partition coefficient (Wildman–Crippen LogP) is 4.51. The van der Waals surface area contributed by atoms with Crippen molar-refractivity contribution in [1.82, 2.24) is 0 Å². The summed E-state index contributed by atoms with van der Waals surface area (Å²) in [6.45, 7) is 0. The lowest BCUT2D eigenvalue weighted by atomic mass is 10.1. The summed E-state index contributed by atoms with van der Waals surface area (Å²) in [5.74, 6) is 2.92. The molecule has 0 spiro atoms. The Morgan fingerprint density at radius 2 is 2.00 bits per heavy atom. The Kier molecular flexibility index (Phi) is 3.81. The average molecular weight is 420 g/mol. The molecule has 1 aliphatic heterocycles. The Labute approximate surface area is 143 Å². The third-order valence-corrected chi connectivity index (χ3v) is 4.21. The number of ketones is 1. The number of aromatic hydroxyl groups is 1. The first kappa shape index (κ1) is 14.9. The second kappa shape index (κ2) is 5.64. The second-order valence-corrected chi connectivity index (χ2v) is 6.40. The maximum atomic E-state index is 12.4. The first-order chi connectivity index (χ1) is 10.5. The van der Waals surface area contributed by atoms with Gasteiger partial charge in [-0.3, -0.25) is 4.79 Å². The van der Waals surface area contributed by atoms with E-state index in [0.717, 1.165) is 4.47 Å². The molecule has 108 valence electrons. The van der Waals surface area contributed by atoms with Gasteiger partial charge in [0.2, 0.25) is 5.78 Å². The van der Waals surface area contributed by atoms with Crippen LogP contribution in [0.2, 0.25) is 0 Å². The van der Waals surface area contributed by atoms with Gasteiger partial charge in [-0.1, -0.05) is 27.9 Å². The van der Waals surface area contributed by atoms with Crippen LogP contribution in [0.15, 0.2) is 45.0 Å². The number of allylic oxidation sites excluding steroid dienone is 1. The molecule has 2 aromatic carbocycles. The Morgan fingerprint density at radius 1 is 1.23 bits per heavy atom. The molecule has 0 saturated heterocycles. The molecule has 0 amide bonds. The predicted molar refractivity (Wildman–Crippen MR) is 90.8 cm³/mol. The monoisotopic (exact) mass is 418 g/mol. The summed E-state index contributed by atoms with van der Waals surface area (Å²) in [7, 11) is 0. The Morgan fingerprint density at radius 3 is 2.73 bits per heavy atom. The second-order valence-electron chi connectivity index (χ2n) is 4.62. The van der Waals surface area contributed by atoms with Crippen LogP contribution in [0.4, 0.5) is 0 Å². The van der Waals surface area contributed by atoms with E-state index in [0.29, 0.717) is 26.9 Å². The SMILES string of the molecule is C#Cc1cc(/C=C2\Oc3c(Br)cc(Br)cc3C2=O)ccc1O. The Hall–Kier alpha value is -2.03. The molecule has 0 atom stereocenters. The summed E-state index contributed by atoms with van der Waals surface area (Å²) < 4.78 is 7.13. The minimum Gasteiger partial charge on any atom is -0.507 e. The molecule has 22 heavy (non-hydrogen) atoms. The van der Waals surface area contributed by atoms with Crippen LogP contribution in [0.25, 0.3) is 6.08 Å². The lowest BCUT2D eigenvalue weighted by Gasteiger charge is -2.02. The number of benzene rings is 2. The zero-order valence-corrected chi connectivity index (χ0v) is 14.2. The topological polar surface area (TPSA) is 46.5 Å². The van der Waals surface area contributed by atoms with Crippen molar-refractivity contribution in [2.24, 2.45) is 0 Å². The minimum absolute atomic E-state index is 0.0262. The fourth-order valence-corrected chi connectivity index (χ4v) is 3.43. The molecule has 1 N–H and O–H groups in total. The number of rotatable bonds is 1. The number of phenolic OH excluding ortho intramolecular Hbond substituents is 1. The van der Waals surface area contributed by atoms with Crippen molar-refractivity contribution in [3.63, 3.8) is 0 Å². The molecule has 1 heterocycles. The van der Waals surface area contributed by atoms with Crippen molar-refractivity contribution in [3.05, 3.63) is 61.7 Å². The molecule has 0 aliphatic carbocycles. The zero-order valence-electron chi connectivity index (χ0n) is 11.1. The molecule has 0 saturated carbocycles. The van der Waals surface area contributed by atoms with Gasteiger partial charge >= 0.3 is 0 Å². The van der Waals surface area contributed by atoms with Gasteiger partial charge < -0.3 is 9.84 Å². The maximum Gasteiger partial charge on any atom is 0.232 e. The number of carbonyl (C=O) groups excluding carboxylic acids is 1. The number of ether oxygens (including phenoxy) is 1. The average Bonchev–Trinajstić information content (AvgIpc) is 2.79. The number of hydrogen-bond acceptors (Lipinski definition) is 3. The van der Waals surface area contributed by atoms with Gasteiger partial charge in [0.1, 0.15) is 5.75 Å². The molecular formula is C17H8Br2O3. The van der Waals surface area contributed by atoms with E-state index in [1.54, 1.807) is 24.3 Å². The molecule has 3 rings (SSSR count). The third kappa shape index (κ3) is 2.56. The molecule has 0 unspecified atom stereocenters. The van der Waals surface area contributed by atoms with Gasteiger partial charge in [0.25, 0.3) is 0 Å². The van der Waals surface area contributed by atoms with Crippen LogP contribution >= 0.6 is 31.9 Å². The highest BCUT2D eigenvalue weighted by atomic mass is 79.9. The summed E-state index contributed by atoms with van der Waals surface area (Å²) in [6.07, 6.45) is 6.92. The van der Waals surface area contributed by atoms with Crippen LogP contribution in [0.5, 0.6) is 11.5 Å². The summed E-state index contributed by atoms with van der Waals surface area (Å²) in [5, 5.41) is 9.58. The first-order valence-electron chi connectivity index (χ1n) is 6.22. The van der Waals surface area contributed by atoms with Crippen LogP contribution in [0.1, 0.15) is 21.5 Å². The van der Waals surface area contributed by atoms with Crippen LogP contribution in [0.3, 0.4) is 0 Å². The summed E-state index contributed by atoms with van der Waals surface area (Å²) in [6, 6.07) is 8.29. The van der Waals surface area contributed by atoms with E-state index >= 15 is 0 Å². The van der Waals surface area contributed by atoms with Crippen molar-refractivity contribution in [2.45, 2.75) is 0 Å². The van der Waals surface area contributed by atoms with Gasteiger partial charge in [0.05, 0.1) is 15.6 Å². The molecule has 0 fully saturated rings. The lowest BCUT2D eigenvalue weighted by Crippen LogP contribution is -1.98. The largest absolute Gasteiger partial charge is 0.507 e. The quantitative estimate of drug-likeness (QED) is 0.546. The van der Waals surface area contributed by atoms with E-state index in [9.17, 15) is 9.90 Å². The summed E-state index contributed by atoms with van der Waals surface area (Å²) in [4.78, 5) is 12.4. The van der Waals surface area contributed by atoms with E-state index in [4.69, 9.17) is 11.2 Å². The van der Waals surface area contributed by atoms with Gasteiger partial charge in [-0.15, -0.1) is 6.42 Å². The summed E-state index contributed by atoms with van der Waals surface area (Å²) >= 11 is 6.73. The van der Waals surface area contributed by atoms with Crippen molar-refractivity contribution < 1.29 is 14.6 Å². The Bertz CT molecular complexity index is 876. The third-order valence-electron chi connectivity index (χ3n) is 3.16. The van der Waals surface area contributed by atoms with Crippen LogP contribution in [-0.4, -0.2) is 10.9 Å². The standard InChI is InChI=1S/C17H8Br2O3/c1-2-10-5-9(3-4-14(10)20)6-15-16(21)12-7-11(18)8-13(19)17(12)22-15/h1,3-8,20H/b15-6-. The van der Waals surface area contributed by atoms with Crippen molar-refractivity contribution >= 4 is 43.7 Å². The molecule has 0 radical (unpaired) electrons. The summed E-state index contributed by atoms with van der Waals surface area (Å²) in [5.41, 5.74) is 1.53. The van der Waals surface area contributed by atoms with Gasteiger partial charge in [-0.05, 0) is 51.8 Å². The number of terminal acetylenes is 1. The van der Waals surface area contributed by atoms with Gasteiger partial charge in [0, 0.05) is 4.47 Å². The van der Waals surface area contributed by atoms with Gasteiger partial charge in [-0.25, -0.2) is 0 Å². The first-order valence-corrected chi connectivity index (χ1v) is 7.81. The molecule has 2 aromatic rings. The smallest absolute Gasteiger partial charge is 0.232 e. The highest BCUT2D eigenvalue weighted by Crippen LogP contribution is 2.40. The highest BCUT2D eigenvalue weighted by molar-refractivity contribution is 9.11. The van der Waals surface area contributed by atoms with E-state index in [1.165, 1.54) is 6.07 Å². The van der Waals surface area contributed by atoms with Gasteiger partial charge in [-0.2, -0.15) is 0 Å². The minimum atomic E-state index is -0.202. The van der Waals surface area contributed by atoms with Crippen LogP contribution < -0.4 is 4.74 Å². The molecule has 5 heteroatoms. The number of phenols is 1. The molecule has 0 aromatic heterocycles. The number of fused-ring (bicyclic) bond motifs is 1. The maximum absolute atomic E-state index is 12.4. The van der Waals surface area contributed by atoms with E-state index in [-0.39, 0.29) is 17.3 Å². The van der Waals surface area contributed by atoms with Crippen LogP contribution in [0, 0.1) is 12.3 Å². The lowest BCUT2D eigenvalue weighted by molar-refractivity contribution is 0.101. The molecule has 1 aliphatic rings. The van der Waals surface area contributed by atoms with Crippen molar-refractivity contribution in [2.75, 3.05) is 0 Å². The van der Waals surface area contributed by atoms with E-state index in [1.807, 2.05) is 6.07 Å². The normalized spacial score (nSPS) is 14.6. The van der Waals surface area contributed by atoms with Crippen molar-refractivity contribution in [3.8, 4) is 23.8 Å². The number of carbonyl (C=O) groups is 1. The number of hydrogen-bond donors (Lipinski definition) is 1. The van der Waals surface area contributed by atoms with Crippen molar-refractivity contribution in [1.29, 1.82) is 0 Å². The van der Waals surface area contributed by atoms with E-state index in [2.05, 4.69) is 37.8 Å². The number of Topliss-reactive ketones (excluding diaryl/α,β-unsaturated/α-hetero) is 1. The molecule has 3 nitrogen and oxygen atoms in total. The van der Waals surface area contributed by atoms with Gasteiger partial charge in [0.15, 0.2) is 11.5 Å².